The molecule has 11 nitrogen and oxygen atoms in total. The molecular weight excluding hydrogens is 560 g/mol. The summed E-state index contributed by atoms with van der Waals surface area (Å²) in [7, 11) is 0. The lowest BCUT2D eigenvalue weighted by Gasteiger charge is -2.29. The van der Waals surface area contributed by atoms with Gasteiger partial charge in [-0.05, 0) is 30.7 Å². The molecule has 0 saturated carbocycles. The maximum atomic E-state index is 13.6. The topological polar surface area (TPSA) is 133 Å². The predicted molar refractivity (Wildman–Crippen MR) is 115 cm³/mol. The molecule has 212 valence electrons. The highest BCUT2D eigenvalue weighted by Gasteiger charge is 2.49. The Bertz CT molecular complexity index is 1060. The number of hydrogen-bond acceptors (Lipinski definition) is 11. The molecule has 0 spiro atoms. The zero-order valence-corrected chi connectivity index (χ0v) is 20.2. The quantitative estimate of drug-likeness (QED) is 0.0911. The summed E-state index contributed by atoms with van der Waals surface area (Å²) in [6, 6.07) is 1.55. The van der Waals surface area contributed by atoms with Crippen LogP contribution in [0.5, 0.6) is 11.5 Å². The van der Waals surface area contributed by atoms with Crippen LogP contribution in [0, 0.1) is 17.0 Å². The van der Waals surface area contributed by atoms with Crippen LogP contribution >= 0.6 is 11.8 Å². The van der Waals surface area contributed by atoms with Crippen molar-refractivity contribution >= 4 is 30.0 Å². The Kier molecular flexibility index (Phi) is 10.3. The van der Waals surface area contributed by atoms with E-state index in [4.69, 9.17) is 9.47 Å². The first-order valence-corrected chi connectivity index (χ1v) is 11.5. The molecular formula is C20H19F6NO10S. The SMILES string of the molecule is Cc1cc(OC(F)(F)F)cc2c1O[C@H](C(F)(F)F)C(C(=O)OC(C)OC(=O)OCCSCCO[N+](=O)[O-])=C2. The van der Waals surface area contributed by atoms with E-state index in [0.717, 1.165) is 30.8 Å². The van der Waals surface area contributed by atoms with Gasteiger partial charge in [-0.2, -0.15) is 24.9 Å². The number of alkyl halides is 6. The Morgan fingerprint density at radius 1 is 1.13 bits per heavy atom. The van der Waals surface area contributed by atoms with Crippen molar-refractivity contribution < 1.29 is 69.5 Å². The van der Waals surface area contributed by atoms with Gasteiger partial charge in [0.15, 0.2) is 0 Å². The molecule has 0 aliphatic carbocycles. The van der Waals surface area contributed by atoms with Gasteiger partial charge in [-0.3, -0.25) is 0 Å². The number of carbonyl (C=O) groups is 2. The number of ether oxygens (including phenoxy) is 5. The lowest BCUT2D eigenvalue weighted by molar-refractivity contribution is -0.756. The molecule has 0 N–H and O–H groups in total. The minimum atomic E-state index is -5.12. The second-order valence-electron chi connectivity index (χ2n) is 7.20. The van der Waals surface area contributed by atoms with E-state index >= 15 is 0 Å². The van der Waals surface area contributed by atoms with Gasteiger partial charge in [0, 0.05) is 24.0 Å². The Morgan fingerprint density at radius 3 is 2.39 bits per heavy atom. The Hall–Kier alpha value is -3.57. The number of aryl methyl sites for hydroxylation is 1. The van der Waals surface area contributed by atoms with Crippen LogP contribution in [0.4, 0.5) is 31.1 Å². The van der Waals surface area contributed by atoms with E-state index < -0.39 is 59.2 Å². The number of carbonyl (C=O) groups excluding carboxylic acids is 2. The third kappa shape index (κ3) is 9.71. The molecule has 0 amide bonds. The molecule has 1 aromatic rings. The highest BCUT2D eigenvalue weighted by Crippen LogP contribution is 2.41. The summed E-state index contributed by atoms with van der Waals surface area (Å²) >= 11 is 1.14. The predicted octanol–water partition coefficient (Wildman–Crippen LogP) is 4.58. The summed E-state index contributed by atoms with van der Waals surface area (Å²) in [6.45, 7) is 1.79. The second-order valence-corrected chi connectivity index (χ2v) is 8.43. The van der Waals surface area contributed by atoms with Gasteiger partial charge in [-0.25, -0.2) is 9.59 Å². The highest BCUT2D eigenvalue weighted by atomic mass is 32.2. The van der Waals surface area contributed by atoms with Crippen LogP contribution in [0.3, 0.4) is 0 Å². The number of halogens is 6. The zero-order chi connectivity index (χ0) is 28.7. The molecule has 18 heteroatoms. The number of fused-ring (bicyclic) bond motifs is 1. The third-order valence-corrected chi connectivity index (χ3v) is 5.19. The number of esters is 1. The van der Waals surface area contributed by atoms with Crippen LogP contribution < -0.4 is 9.47 Å². The van der Waals surface area contributed by atoms with Crippen molar-refractivity contribution in [2.45, 2.75) is 38.8 Å². The van der Waals surface area contributed by atoms with Gasteiger partial charge in [0.1, 0.15) is 24.7 Å². The second kappa shape index (κ2) is 12.8. The largest absolute Gasteiger partial charge is 0.573 e. The van der Waals surface area contributed by atoms with Gasteiger partial charge in [0.25, 0.3) is 5.09 Å². The van der Waals surface area contributed by atoms with Gasteiger partial charge in [0.05, 0.1) is 5.57 Å². The van der Waals surface area contributed by atoms with Gasteiger partial charge in [-0.15, -0.1) is 23.3 Å². The van der Waals surface area contributed by atoms with E-state index in [9.17, 15) is 46.0 Å². The molecule has 0 radical (unpaired) electrons. The third-order valence-electron chi connectivity index (χ3n) is 4.28. The van der Waals surface area contributed by atoms with E-state index in [-0.39, 0.29) is 35.8 Å². The van der Waals surface area contributed by atoms with Crippen LogP contribution in [0.25, 0.3) is 6.08 Å². The van der Waals surface area contributed by atoms with Crippen LogP contribution in [0.1, 0.15) is 18.1 Å². The van der Waals surface area contributed by atoms with Crippen LogP contribution in [0.2, 0.25) is 0 Å². The fourth-order valence-electron chi connectivity index (χ4n) is 2.93. The van der Waals surface area contributed by atoms with Crippen LogP contribution in [-0.4, -0.2) is 66.9 Å². The lowest BCUT2D eigenvalue weighted by Crippen LogP contribution is -2.41. The fourth-order valence-corrected chi connectivity index (χ4v) is 3.53. The Balaban J connectivity index is 2.04. The Labute approximate surface area is 214 Å². The molecule has 1 aliphatic rings. The monoisotopic (exact) mass is 579 g/mol. The smallest absolute Gasteiger partial charge is 0.475 e. The van der Waals surface area contributed by atoms with Crippen molar-refractivity contribution in [2.75, 3.05) is 24.7 Å². The fraction of sp³-hybridized carbons (Fsp3) is 0.500. The van der Waals surface area contributed by atoms with Crippen molar-refractivity contribution in [1.29, 1.82) is 0 Å². The van der Waals surface area contributed by atoms with Crippen molar-refractivity contribution in [2.24, 2.45) is 0 Å². The van der Waals surface area contributed by atoms with Crippen LogP contribution in [0.15, 0.2) is 17.7 Å². The van der Waals surface area contributed by atoms with Crippen molar-refractivity contribution in [3.8, 4) is 11.5 Å². The van der Waals surface area contributed by atoms with Crippen molar-refractivity contribution in [1.82, 2.24) is 0 Å². The number of nitrogens with zero attached hydrogens (tertiary/aromatic N) is 1. The molecule has 0 bridgehead atoms. The first-order chi connectivity index (χ1) is 17.6. The molecule has 0 aromatic heterocycles. The van der Waals surface area contributed by atoms with Gasteiger partial charge in [-0.1, -0.05) is 0 Å². The molecule has 0 saturated heterocycles. The minimum Gasteiger partial charge on any atom is -0.475 e. The Morgan fingerprint density at radius 2 is 1.79 bits per heavy atom. The van der Waals surface area contributed by atoms with Crippen molar-refractivity contribution in [3.63, 3.8) is 0 Å². The molecule has 2 atom stereocenters. The molecule has 2 rings (SSSR count). The summed E-state index contributed by atoms with van der Waals surface area (Å²) in [5, 5.41) is 9.03. The maximum absolute atomic E-state index is 13.6. The minimum absolute atomic E-state index is 0.123. The molecule has 0 fully saturated rings. The first-order valence-electron chi connectivity index (χ1n) is 10.3. The summed E-state index contributed by atoms with van der Waals surface area (Å²) < 4.78 is 101. The van der Waals surface area contributed by atoms with E-state index in [1.165, 1.54) is 6.92 Å². The summed E-state index contributed by atoms with van der Waals surface area (Å²) in [4.78, 5) is 38.2. The summed E-state index contributed by atoms with van der Waals surface area (Å²) in [5.41, 5.74) is -1.56. The molecule has 38 heavy (non-hydrogen) atoms. The first kappa shape index (κ1) is 30.7. The van der Waals surface area contributed by atoms with E-state index in [1.807, 2.05) is 0 Å². The van der Waals surface area contributed by atoms with Crippen molar-refractivity contribution in [3.05, 3.63) is 38.9 Å². The normalized spacial score (nSPS) is 15.8. The number of rotatable bonds is 11. The van der Waals surface area contributed by atoms with Gasteiger partial charge < -0.3 is 28.5 Å². The van der Waals surface area contributed by atoms with Gasteiger partial charge in [0.2, 0.25) is 12.4 Å². The highest BCUT2D eigenvalue weighted by molar-refractivity contribution is 7.99. The molecule has 1 aliphatic heterocycles. The number of thioether (sulfide) groups is 1. The number of hydrogen-bond donors (Lipinski definition) is 0. The molecule has 1 aromatic carbocycles. The average molecular weight is 579 g/mol. The van der Waals surface area contributed by atoms with Crippen LogP contribution in [-0.2, 0) is 23.8 Å². The van der Waals surface area contributed by atoms with E-state index in [1.54, 1.807) is 0 Å². The molecule has 1 heterocycles. The lowest BCUT2D eigenvalue weighted by atomic mass is 9.99. The zero-order valence-electron chi connectivity index (χ0n) is 19.4. The summed E-state index contributed by atoms with van der Waals surface area (Å²) in [6.07, 6.45) is -15.5. The average Bonchev–Trinajstić information content (AvgIpc) is 2.75. The molecule has 1 unspecified atom stereocenters. The summed E-state index contributed by atoms with van der Waals surface area (Å²) in [5.74, 6) is -2.39. The van der Waals surface area contributed by atoms with E-state index in [2.05, 4.69) is 19.0 Å². The van der Waals surface area contributed by atoms with Gasteiger partial charge >= 0.3 is 24.7 Å². The van der Waals surface area contributed by atoms with E-state index in [0.29, 0.717) is 6.08 Å². The standard InChI is InChI=1S/C20H19F6NO10S/c1-10-7-13(37-20(24,25)26)8-12-9-14(16(19(21,22)23)36-15(10)12)17(28)34-11(2)35-18(29)32-3-5-38-6-4-33-27(30)31/h7-9,11,16H,3-6H2,1-2H3/t11?,16-/m0/s1. The maximum Gasteiger partial charge on any atom is 0.573 e. The number of benzene rings is 1.